The van der Waals surface area contributed by atoms with Gasteiger partial charge in [-0.1, -0.05) is 11.8 Å². The zero-order valence-corrected chi connectivity index (χ0v) is 10.7. The van der Waals surface area contributed by atoms with Crippen molar-refractivity contribution in [2.24, 2.45) is 0 Å². The minimum atomic E-state index is -0.432. The summed E-state index contributed by atoms with van der Waals surface area (Å²) in [4.78, 5) is 11.5. The van der Waals surface area contributed by atoms with Gasteiger partial charge < -0.3 is 11.5 Å². The van der Waals surface area contributed by atoms with Gasteiger partial charge in [-0.25, -0.2) is 0 Å². The second kappa shape index (κ2) is 6.13. The van der Waals surface area contributed by atoms with Crippen molar-refractivity contribution in [3.63, 3.8) is 0 Å². The minimum Gasteiger partial charge on any atom is -0.399 e. The van der Waals surface area contributed by atoms with Gasteiger partial charge in [-0.05, 0) is 60.4 Å². The average molecular weight is 260 g/mol. The van der Waals surface area contributed by atoms with Gasteiger partial charge in [0.15, 0.2) is 0 Å². The highest BCUT2D eigenvalue weighted by Crippen LogP contribution is 2.04. The van der Waals surface area contributed by atoms with E-state index >= 15 is 0 Å². The number of ketones is 1. The Hall–Kier alpha value is -3.17. The van der Waals surface area contributed by atoms with Crippen LogP contribution in [0.15, 0.2) is 48.5 Å². The van der Waals surface area contributed by atoms with Crippen LogP contribution in [0.25, 0.3) is 0 Å². The molecule has 0 amide bonds. The van der Waals surface area contributed by atoms with Gasteiger partial charge in [0.25, 0.3) is 5.78 Å². The number of anilines is 2. The van der Waals surface area contributed by atoms with Gasteiger partial charge >= 0.3 is 0 Å². The number of hydrogen-bond donors (Lipinski definition) is 2. The van der Waals surface area contributed by atoms with Crippen LogP contribution in [0.2, 0.25) is 0 Å². The molecule has 2 aromatic rings. The van der Waals surface area contributed by atoms with Crippen LogP contribution < -0.4 is 11.5 Å². The monoisotopic (exact) mass is 260 g/mol. The van der Waals surface area contributed by atoms with E-state index in [1.54, 1.807) is 48.5 Å². The maximum atomic E-state index is 11.5. The lowest BCUT2D eigenvalue weighted by Gasteiger charge is -1.91. The lowest BCUT2D eigenvalue weighted by molar-refractivity contribution is -0.108. The van der Waals surface area contributed by atoms with Crippen LogP contribution in [0, 0.1) is 23.7 Å². The van der Waals surface area contributed by atoms with Crippen LogP contribution in [-0.4, -0.2) is 5.78 Å². The average Bonchev–Trinajstić information content (AvgIpc) is 2.46. The predicted molar refractivity (Wildman–Crippen MR) is 80.5 cm³/mol. The molecule has 0 heterocycles. The smallest absolute Gasteiger partial charge is 0.279 e. The normalized spacial score (nSPS) is 8.80. The molecule has 0 fully saturated rings. The summed E-state index contributed by atoms with van der Waals surface area (Å²) in [6.07, 6.45) is 0. The Balaban J connectivity index is 2.07. The zero-order chi connectivity index (χ0) is 14.4. The number of carbonyl (C=O) groups excluding carboxylic acids is 1. The molecular formula is C17H12N2O. The number of hydrogen-bond acceptors (Lipinski definition) is 3. The van der Waals surface area contributed by atoms with E-state index in [1.165, 1.54) is 0 Å². The Kier molecular flexibility index (Phi) is 4.07. The molecule has 0 aliphatic carbocycles. The van der Waals surface area contributed by atoms with Crippen LogP contribution in [0.3, 0.4) is 0 Å². The fourth-order valence-corrected chi connectivity index (χ4v) is 1.42. The van der Waals surface area contributed by atoms with E-state index in [4.69, 9.17) is 11.5 Å². The molecule has 0 saturated heterocycles. The van der Waals surface area contributed by atoms with Crippen molar-refractivity contribution in [1.29, 1.82) is 0 Å². The summed E-state index contributed by atoms with van der Waals surface area (Å²) < 4.78 is 0. The van der Waals surface area contributed by atoms with Gasteiger partial charge in [0.2, 0.25) is 0 Å². The summed E-state index contributed by atoms with van der Waals surface area (Å²) in [6.45, 7) is 0. The Morgan fingerprint density at radius 2 is 1.05 bits per heavy atom. The van der Waals surface area contributed by atoms with E-state index in [2.05, 4.69) is 23.7 Å². The van der Waals surface area contributed by atoms with Crippen LogP contribution in [0.4, 0.5) is 11.4 Å². The third kappa shape index (κ3) is 3.94. The largest absolute Gasteiger partial charge is 0.399 e. The Bertz CT molecular complexity index is 671. The first kappa shape index (κ1) is 13.3. The lowest BCUT2D eigenvalue weighted by Crippen LogP contribution is -1.88. The van der Waals surface area contributed by atoms with Crippen molar-refractivity contribution in [2.45, 2.75) is 0 Å². The van der Waals surface area contributed by atoms with E-state index in [0.717, 1.165) is 11.1 Å². The van der Waals surface area contributed by atoms with Crippen LogP contribution in [0.5, 0.6) is 0 Å². The van der Waals surface area contributed by atoms with Crippen LogP contribution >= 0.6 is 0 Å². The van der Waals surface area contributed by atoms with Gasteiger partial charge in [-0.3, -0.25) is 4.79 Å². The topological polar surface area (TPSA) is 69.1 Å². The summed E-state index contributed by atoms with van der Waals surface area (Å²) in [5.41, 5.74) is 13.9. The fourth-order valence-electron chi connectivity index (χ4n) is 1.42. The second-order valence-electron chi connectivity index (χ2n) is 4.07. The number of carbonyl (C=O) groups is 1. The van der Waals surface area contributed by atoms with Crippen molar-refractivity contribution in [1.82, 2.24) is 0 Å². The Labute approximate surface area is 117 Å². The van der Waals surface area contributed by atoms with Gasteiger partial charge in [0.1, 0.15) is 0 Å². The van der Waals surface area contributed by atoms with Gasteiger partial charge in [-0.15, -0.1) is 0 Å². The van der Waals surface area contributed by atoms with Gasteiger partial charge in [0, 0.05) is 22.5 Å². The molecule has 0 aliphatic rings. The molecule has 0 radical (unpaired) electrons. The van der Waals surface area contributed by atoms with E-state index in [0.29, 0.717) is 11.4 Å². The van der Waals surface area contributed by atoms with Crippen molar-refractivity contribution in [2.75, 3.05) is 11.5 Å². The van der Waals surface area contributed by atoms with Crippen LogP contribution in [0.1, 0.15) is 11.1 Å². The molecule has 3 nitrogen and oxygen atoms in total. The summed E-state index contributed by atoms with van der Waals surface area (Å²) in [7, 11) is 0. The maximum Gasteiger partial charge on any atom is 0.279 e. The molecule has 0 atom stereocenters. The molecule has 3 heteroatoms. The number of Topliss-reactive ketones (excluding diaryl/α,β-unsaturated/α-hetero) is 1. The molecule has 2 aromatic carbocycles. The quantitative estimate of drug-likeness (QED) is 0.561. The predicted octanol–water partition coefficient (Wildman–Crippen LogP) is 1.82. The number of nitrogens with two attached hydrogens (primary N) is 2. The third-order valence-electron chi connectivity index (χ3n) is 2.46. The molecule has 0 aromatic heterocycles. The molecule has 0 saturated carbocycles. The fraction of sp³-hybridized carbons (Fsp3) is 0. The standard InChI is InChI=1S/C17H12N2O/c18-15-7-1-13(2-8-15)5-11-17(20)12-6-14-3-9-16(19)10-4-14/h1-4,7-10H,18-19H2. The minimum absolute atomic E-state index is 0.432. The summed E-state index contributed by atoms with van der Waals surface area (Å²) in [6, 6.07) is 13.9. The molecule has 2 rings (SSSR count). The molecule has 0 unspecified atom stereocenters. The van der Waals surface area contributed by atoms with E-state index in [9.17, 15) is 4.79 Å². The zero-order valence-electron chi connectivity index (χ0n) is 10.7. The first-order valence-corrected chi connectivity index (χ1v) is 5.92. The maximum absolute atomic E-state index is 11.5. The van der Waals surface area contributed by atoms with E-state index < -0.39 is 5.78 Å². The van der Waals surface area contributed by atoms with Crippen LogP contribution in [-0.2, 0) is 4.79 Å². The Morgan fingerprint density at radius 1 is 0.700 bits per heavy atom. The Morgan fingerprint density at radius 3 is 1.40 bits per heavy atom. The summed E-state index contributed by atoms with van der Waals surface area (Å²) in [5.74, 6) is 9.99. The molecule has 0 bridgehead atoms. The highest BCUT2D eigenvalue weighted by atomic mass is 16.1. The molecule has 4 N–H and O–H groups in total. The van der Waals surface area contributed by atoms with Crippen molar-refractivity contribution in [3.05, 3.63) is 59.7 Å². The summed E-state index contributed by atoms with van der Waals surface area (Å²) in [5, 5.41) is 0. The number of benzene rings is 2. The first-order valence-electron chi connectivity index (χ1n) is 5.92. The van der Waals surface area contributed by atoms with Crippen molar-refractivity contribution in [3.8, 4) is 23.7 Å². The van der Waals surface area contributed by atoms with Gasteiger partial charge in [-0.2, -0.15) is 0 Å². The van der Waals surface area contributed by atoms with Gasteiger partial charge in [0.05, 0.1) is 0 Å². The molecular weight excluding hydrogens is 248 g/mol. The van der Waals surface area contributed by atoms with E-state index in [1.807, 2.05) is 0 Å². The van der Waals surface area contributed by atoms with Crippen molar-refractivity contribution < 1.29 is 4.79 Å². The lowest BCUT2D eigenvalue weighted by atomic mass is 10.2. The van der Waals surface area contributed by atoms with Crippen molar-refractivity contribution >= 4 is 17.2 Å². The molecule has 96 valence electrons. The number of rotatable bonds is 0. The molecule has 0 spiro atoms. The third-order valence-corrected chi connectivity index (χ3v) is 2.46. The highest BCUT2D eigenvalue weighted by Gasteiger charge is 1.91. The first-order chi connectivity index (χ1) is 9.63. The SMILES string of the molecule is Nc1ccc(C#CC(=O)C#Cc2ccc(N)cc2)cc1. The molecule has 0 aliphatic heterocycles. The summed E-state index contributed by atoms with van der Waals surface area (Å²) >= 11 is 0. The van der Waals surface area contributed by atoms with E-state index in [-0.39, 0.29) is 0 Å². The molecule has 20 heavy (non-hydrogen) atoms. The number of nitrogen functional groups attached to an aromatic ring is 2. The second-order valence-corrected chi connectivity index (χ2v) is 4.07. The highest BCUT2D eigenvalue weighted by molar-refractivity contribution is 6.09.